The minimum Gasteiger partial charge on any atom is -0.363 e. The van der Waals surface area contributed by atoms with Gasteiger partial charge >= 0.3 is 0 Å². The summed E-state index contributed by atoms with van der Waals surface area (Å²) in [6.45, 7) is 6.36. The number of benzene rings is 2. The summed E-state index contributed by atoms with van der Waals surface area (Å²) in [6, 6.07) is 22.5. The molecule has 4 aromatic rings. The summed E-state index contributed by atoms with van der Waals surface area (Å²) in [5, 5.41) is 16.6. The van der Waals surface area contributed by atoms with Crippen LogP contribution in [-0.4, -0.2) is 31.2 Å². The molecular weight excluding hydrogens is 416 g/mol. The Balaban J connectivity index is 1.37. The molecule has 2 N–H and O–H groups in total. The largest absolute Gasteiger partial charge is 0.363 e. The van der Waals surface area contributed by atoms with E-state index in [0.29, 0.717) is 11.7 Å². The third-order valence-electron chi connectivity index (χ3n) is 5.23. The Kier molecular flexibility index (Phi) is 6.97. The van der Waals surface area contributed by atoms with Crippen molar-refractivity contribution in [1.82, 2.24) is 30.2 Å². The molecule has 6 nitrogen and oxygen atoms in total. The van der Waals surface area contributed by atoms with E-state index in [2.05, 4.69) is 47.1 Å². The van der Waals surface area contributed by atoms with E-state index in [1.54, 1.807) is 0 Å². The zero-order chi connectivity index (χ0) is 22.3. The van der Waals surface area contributed by atoms with Gasteiger partial charge in [-0.3, -0.25) is 4.68 Å². The molecule has 0 atom stereocenters. The van der Waals surface area contributed by atoms with Crippen molar-refractivity contribution < 1.29 is 0 Å². The Morgan fingerprint density at radius 2 is 1.66 bits per heavy atom. The number of hydrogen-bond acceptors (Lipinski definition) is 3. The Morgan fingerprint density at radius 3 is 2.34 bits per heavy atom. The average molecular weight is 445 g/mol. The Bertz CT molecular complexity index is 1160. The lowest BCUT2D eigenvalue weighted by atomic mass is 10.1. The van der Waals surface area contributed by atoms with Gasteiger partial charge in [0, 0.05) is 42.7 Å². The van der Waals surface area contributed by atoms with Gasteiger partial charge in [-0.15, -0.1) is 0 Å². The highest BCUT2D eigenvalue weighted by atomic mass is 32.1. The predicted octanol–water partition coefficient (Wildman–Crippen LogP) is 4.41. The van der Waals surface area contributed by atoms with Crippen molar-refractivity contribution in [1.29, 1.82) is 0 Å². The lowest BCUT2D eigenvalue weighted by Crippen LogP contribution is -2.35. The number of aromatic nitrogens is 4. The molecule has 32 heavy (non-hydrogen) atoms. The molecule has 0 aliphatic carbocycles. The molecule has 0 spiro atoms. The second-order valence-electron chi connectivity index (χ2n) is 7.76. The molecule has 7 heteroatoms. The van der Waals surface area contributed by atoms with Crippen LogP contribution in [0.4, 0.5) is 0 Å². The van der Waals surface area contributed by atoms with E-state index in [9.17, 15) is 0 Å². The quantitative estimate of drug-likeness (QED) is 0.311. The molecule has 0 unspecified atom stereocenters. The van der Waals surface area contributed by atoms with Crippen LogP contribution in [0.3, 0.4) is 0 Å². The number of nitrogens with one attached hydrogen (secondary N) is 2. The van der Waals surface area contributed by atoms with Gasteiger partial charge in [-0.25, -0.2) is 4.68 Å². The highest BCUT2D eigenvalue weighted by molar-refractivity contribution is 7.80. The van der Waals surface area contributed by atoms with Crippen LogP contribution >= 0.6 is 12.2 Å². The topological polar surface area (TPSA) is 59.7 Å². The fourth-order valence-corrected chi connectivity index (χ4v) is 3.84. The van der Waals surface area contributed by atoms with Gasteiger partial charge in [0.2, 0.25) is 0 Å². The van der Waals surface area contributed by atoms with Gasteiger partial charge < -0.3 is 10.6 Å². The van der Waals surface area contributed by atoms with Crippen molar-refractivity contribution in [2.75, 3.05) is 6.54 Å². The maximum atomic E-state index is 5.50. The lowest BCUT2D eigenvalue weighted by Gasteiger charge is -2.11. The van der Waals surface area contributed by atoms with E-state index in [0.717, 1.165) is 47.7 Å². The summed E-state index contributed by atoms with van der Waals surface area (Å²) >= 11 is 5.50. The number of thiocarbonyl (C=S) groups is 1. The molecule has 0 saturated carbocycles. The van der Waals surface area contributed by atoms with Crippen LogP contribution in [0.2, 0.25) is 0 Å². The summed E-state index contributed by atoms with van der Waals surface area (Å²) in [6.07, 6.45) is 3.01. The van der Waals surface area contributed by atoms with Crippen LogP contribution < -0.4 is 10.6 Å². The number of aryl methyl sites for hydroxylation is 3. The van der Waals surface area contributed by atoms with Gasteiger partial charge in [-0.2, -0.15) is 10.2 Å². The molecular formula is C25H28N6S. The van der Waals surface area contributed by atoms with Gasteiger partial charge in [0.05, 0.1) is 17.1 Å². The first-order chi connectivity index (χ1) is 15.6. The van der Waals surface area contributed by atoms with E-state index in [1.807, 2.05) is 64.8 Å². The molecule has 2 heterocycles. The number of nitrogens with zero attached hydrogens (tertiary/aromatic N) is 4. The summed E-state index contributed by atoms with van der Waals surface area (Å²) in [4.78, 5) is 0. The highest BCUT2D eigenvalue weighted by Crippen LogP contribution is 2.23. The van der Waals surface area contributed by atoms with Crippen molar-refractivity contribution in [2.24, 2.45) is 0 Å². The third-order valence-corrected chi connectivity index (χ3v) is 5.52. The van der Waals surface area contributed by atoms with Crippen LogP contribution in [0.5, 0.6) is 0 Å². The summed E-state index contributed by atoms with van der Waals surface area (Å²) in [5.74, 6) is 0. The first-order valence-corrected chi connectivity index (χ1v) is 11.2. The summed E-state index contributed by atoms with van der Waals surface area (Å²) in [5.41, 5.74) is 6.40. The molecule has 0 amide bonds. The van der Waals surface area contributed by atoms with Crippen LogP contribution in [0.1, 0.15) is 23.4 Å². The Morgan fingerprint density at radius 1 is 0.938 bits per heavy atom. The Hall–Kier alpha value is -3.45. The monoisotopic (exact) mass is 444 g/mol. The molecule has 0 bridgehead atoms. The maximum absolute atomic E-state index is 5.50. The third kappa shape index (κ3) is 5.42. The summed E-state index contributed by atoms with van der Waals surface area (Å²) < 4.78 is 3.96. The van der Waals surface area contributed by atoms with Crippen LogP contribution in [-0.2, 0) is 13.1 Å². The van der Waals surface area contributed by atoms with Gasteiger partial charge in [-0.1, -0.05) is 48.5 Å². The smallest absolute Gasteiger partial charge is 0.166 e. The molecule has 0 radical (unpaired) electrons. The number of hydrogen-bond donors (Lipinski definition) is 2. The molecule has 0 aliphatic rings. The van der Waals surface area contributed by atoms with E-state index in [-0.39, 0.29) is 0 Å². The van der Waals surface area contributed by atoms with Crippen molar-refractivity contribution in [2.45, 2.75) is 33.4 Å². The van der Waals surface area contributed by atoms with Crippen molar-refractivity contribution in [3.63, 3.8) is 0 Å². The van der Waals surface area contributed by atoms with Gasteiger partial charge in [0.15, 0.2) is 5.11 Å². The summed E-state index contributed by atoms with van der Waals surface area (Å²) in [7, 11) is 0. The van der Waals surface area contributed by atoms with Crippen molar-refractivity contribution >= 4 is 17.3 Å². The van der Waals surface area contributed by atoms with E-state index in [4.69, 9.17) is 17.3 Å². The maximum Gasteiger partial charge on any atom is 0.166 e. The molecule has 4 rings (SSSR count). The molecule has 0 saturated heterocycles. The second-order valence-corrected chi connectivity index (χ2v) is 8.17. The fraction of sp³-hybridized carbons (Fsp3) is 0.240. The molecule has 0 fully saturated rings. The molecule has 2 aromatic heterocycles. The first-order valence-electron chi connectivity index (χ1n) is 10.8. The molecule has 164 valence electrons. The van der Waals surface area contributed by atoms with E-state index in [1.165, 1.54) is 5.69 Å². The SMILES string of the molecule is Cc1cc(C)n(CCCNC(=S)NCc2cn(-c3ccccc3)nc2-c2ccccc2)n1. The van der Waals surface area contributed by atoms with Crippen LogP contribution in [0.25, 0.3) is 16.9 Å². The normalized spacial score (nSPS) is 10.8. The minimum absolute atomic E-state index is 0.598. The van der Waals surface area contributed by atoms with Crippen molar-refractivity contribution in [3.05, 3.63) is 89.9 Å². The van der Waals surface area contributed by atoms with Crippen LogP contribution in [0, 0.1) is 13.8 Å². The number of para-hydroxylation sites is 1. The molecule has 0 aliphatic heterocycles. The predicted molar refractivity (Wildman–Crippen MR) is 133 cm³/mol. The van der Waals surface area contributed by atoms with E-state index < -0.39 is 0 Å². The van der Waals surface area contributed by atoms with Gasteiger partial charge in [0.1, 0.15) is 0 Å². The number of rotatable bonds is 8. The zero-order valence-electron chi connectivity index (χ0n) is 18.5. The van der Waals surface area contributed by atoms with Gasteiger partial charge in [0.25, 0.3) is 0 Å². The highest BCUT2D eigenvalue weighted by Gasteiger charge is 2.12. The first kappa shape index (κ1) is 21.8. The van der Waals surface area contributed by atoms with Gasteiger partial charge in [-0.05, 0) is 50.7 Å². The zero-order valence-corrected chi connectivity index (χ0v) is 19.3. The lowest BCUT2D eigenvalue weighted by molar-refractivity contribution is 0.556. The minimum atomic E-state index is 0.598. The average Bonchev–Trinajstić information content (AvgIpc) is 3.39. The molecule has 2 aromatic carbocycles. The van der Waals surface area contributed by atoms with Crippen molar-refractivity contribution in [3.8, 4) is 16.9 Å². The standard InChI is InChI=1S/C25H28N6S/c1-19-16-20(2)30(28-19)15-9-14-26-25(32)27-17-22-18-31(23-12-7-4-8-13-23)29-24(22)21-10-5-3-6-11-21/h3-8,10-13,16,18H,9,14-15,17H2,1-2H3,(H2,26,27,32). The van der Waals surface area contributed by atoms with Crippen LogP contribution in [0.15, 0.2) is 72.9 Å². The second kappa shape index (κ2) is 10.2. The fourth-order valence-electron chi connectivity index (χ4n) is 3.66. The van der Waals surface area contributed by atoms with E-state index >= 15 is 0 Å². The Labute approximate surface area is 194 Å².